The molecule has 0 radical (unpaired) electrons. The van der Waals surface area contributed by atoms with Crippen molar-refractivity contribution in [3.63, 3.8) is 0 Å². The van der Waals surface area contributed by atoms with E-state index in [9.17, 15) is 0 Å². The van der Waals surface area contributed by atoms with E-state index in [0.717, 1.165) is 16.6 Å². The minimum atomic E-state index is 0.455. The second-order valence-corrected chi connectivity index (χ2v) is 6.40. The third kappa shape index (κ3) is 2.25. The highest BCUT2D eigenvalue weighted by Crippen LogP contribution is 2.27. The predicted octanol–water partition coefficient (Wildman–Crippen LogP) is 3.83. The molecular formula is C17H9Cl2N7. The van der Waals surface area contributed by atoms with Gasteiger partial charge in [-0.3, -0.25) is 9.38 Å². The highest BCUT2D eigenvalue weighted by Gasteiger charge is 2.15. The second-order valence-electron chi connectivity index (χ2n) is 5.59. The first kappa shape index (κ1) is 15.2. The van der Waals surface area contributed by atoms with Crippen LogP contribution >= 0.6 is 23.2 Å². The molecule has 0 fully saturated rings. The first-order valence-electron chi connectivity index (χ1n) is 7.65. The van der Waals surface area contributed by atoms with Gasteiger partial charge in [0.2, 0.25) is 0 Å². The average molecular weight is 382 g/mol. The lowest BCUT2D eigenvalue weighted by Crippen LogP contribution is -1.99. The first-order valence-corrected chi connectivity index (χ1v) is 8.41. The van der Waals surface area contributed by atoms with E-state index >= 15 is 0 Å². The van der Waals surface area contributed by atoms with Gasteiger partial charge in [0.25, 0.3) is 0 Å². The van der Waals surface area contributed by atoms with Crippen LogP contribution in [0.3, 0.4) is 0 Å². The number of benzene rings is 1. The molecule has 0 amide bonds. The summed E-state index contributed by atoms with van der Waals surface area (Å²) in [4.78, 5) is 8.58. The summed E-state index contributed by atoms with van der Waals surface area (Å²) >= 11 is 12.1. The highest BCUT2D eigenvalue weighted by molar-refractivity contribution is 6.42. The molecule has 7 nitrogen and oxygen atoms in total. The van der Waals surface area contributed by atoms with Gasteiger partial charge in [0.05, 0.1) is 27.3 Å². The molecule has 0 aliphatic carbocycles. The zero-order chi connectivity index (χ0) is 17.7. The number of pyridine rings is 1. The van der Waals surface area contributed by atoms with E-state index in [2.05, 4.69) is 25.3 Å². The third-order valence-electron chi connectivity index (χ3n) is 4.06. The number of hydrogen-bond donors (Lipinski definition) is 0. The Morgan fingerprint density at radius 2 is 1.73 bits per heavy atom. The number of fused-ring (bicyclic) bond motifs is 3. The normalized spacial score (nSPS) is 11.5. The van der Waals surface area contributed by atoms with Gasteiger partial charge in [0.1, 0.15) is 6.33 Å². The summed E-state index contributed by atoms with van der Waals surface area (Å²) in [5, 5.41) is 14.8. The second kappa shape index (κ2) is 5.76. The van der Waals surface area contributed by atoms with Gasteiger partial charge in [0, 0.05) is 18.0 Å². The average Bonchev–Trinajstić information content (AvgIpc) is 3.28. The molecule has 0 N–H and O–H groups in total. The molecule has 0 atom stereocenters. The zero-order valence-corrected chi connectivity index (χ0v) is 14.6. The Morgan fingerprint density at radius 1 is 0.885 bits per heavy atom. The molecule has 5 rings (SSSR count). The quantitative estimate of drug-likeness (QED) is 0.464. The van der Waals surface area contributed by atoms with Crippen molar-refractivity contribution in [3.05, 3.63) is 65.3 Å². The molecule has 0 aliphatic rings. The monoisotopic (exact) mass is 381 g/mol. The molecule has 9 heteroatoms. The maximum atomic E-state index is 6.12. The van der Waals surface area contributed by atoms with Crippen molar-refractivity contribution < 1.29 is 0 Å². The van der Waals surface area contributed by atoms with Crippen LogP contribution in [-0.4, -0.2) is 34.3 Å². The van der Waals surface area contributed by atoms with Gasteiger partial charge in [-0.2, -0.15) is 5.10 Å². The molecule has 0 bridgehead atoms. The number of halogens is 2. The van der Waals surface area contributed by atoms with E-state index < -0.39 is 0 Å². The van der Waals surface area contributed by atoms with E-state index in [1.165, 1.54) is 0 Å². The molecule has 0 spiro atoms. The van der Waals surface area contributed by atoms with E-state index in [-0.39, 0.29) is 0 Å². The summed E-state index contributed by atoms with van der Waals surface area (Å²) < 4.78 is 3.52. The lowest BCUT2D eigenvalue weighted by molar-refractivity contribution is 0.893. The van der Waals surface area contributed by atoms with E-state index in [0.29, 0.717) is 27.2 Å². The van der Waals surface area contributed by atoms with Crippen molar-refractivity contribution >= 4 is 39.9 Å². The lowest BCUT2D eigenvalue weighted by Gasteiger charge is -2.05. The number of aromatic nitrogens is 7. The standard InChI is InChI=1S/C17H9Cl2N7/c18-13-2-1-11(7-14(13)19)26-16-12(8-22-26)17-24-23-15(25(17)9-21-16)10-3-5-20-6-4-10/h1-9H. The fourth-order valence-electron chi connectivity index (χ4n) is 2.82. The SMILES string of the molecule is Clc1ccc(-n2ncc3c2ncn2c(-c4ccncc4)nnc32)cc1Cl. The minimum absolute atomic E-state index is 0.455. The van der Waals surface area contributed by atoms with Gasteiger partial charge in [-0.25, -0.2) is 9.67 Å². The molecular weight excluding hydrogens is 373 g/mol. The Bertz CT molecular complexity index is 1260. The minimum Gasteiger partial charge on any atom is -0.265 e. The predicted molar refractivity (Wildman–Crippen MR) is 98.7 cm³/mol. The molecule has 4 aromatic heterocycles. The maximum Gasteiger partial charge on any atom is 0.175 e. The largest absolute Gasteiger partial charge is 0.265 e. The van der Waals surface area contributed by atoms with Crippen molar-refractivity contribution in [3.8, 4) is 17.1 Å². The van der Waals surface area contributed by atoms with Gasteiger partial charge in [-0.05, 0) is 30.3 Å². The van der Waals surface area contributed by atoms with E-state index in [4.69, 9.17) is 23.2 Å². The number of rotatable bonds is 2. The third-order valence-corrected chi connectivity index (χ3v) is 4.80. The summed E-state index contributed by atoms with van der Waals surface area (Å²) in [5.41, 5.74) is 3.00. The zero-order valence-electron chi connectivity index (χ0n) is 13.1. The summed E-state index contributed by atoms with van der Waals surface area (Å²) in [6.45, 7) is 0. The van der Waals surface area contributed by atoms with Crippen molar-refractivity contribution in [2.24, 2.45) is 0 Å². The van der Waals surface area contributed by atoms with Crippen LogP contribution in [0, 0.1) is 0 Å². The Balaban J connectivity index is 1.72. The lowest BCUT2D eigenvalue weighted by atomic mass is 10.2. The van der Waals surface area contributed by atoms with Crippen LogP contribution in [0.15, 0.2) is 55.2 Å². The van der Waals surface area contributed by atoms with Crippen molar-refractivity contribution in [1.82, 2.24) is 34.3 Å². The molecule has 0 unspecified atom stereocenters. The molecule has 126 valence electrons. The van der Waals surface area contributed by atoms with Crippen LogP contribution < -0.4 is 0 Å². The Morgan fingerprint density at radius 3 is 2.54 bits per heavy atom. The summed E-state index contributed by atoms with van der Waals surface area (Å²) in [6.07, 6.45) is 6.82. The molecule has 0 saturated carbocycles. The topological polar surface area (TPSA) is 73.8 Å². The van der Waals surface area contributed by atoms with Crippen LogP contribution in [-0.2, 0) is 0 Å². The van der Waals surface area contributed by atoms with Crippen LogP contribution in [0.2, 0.25) is 10.0 Å². The van der Waals surface area contributed by atoms with Crippen molar-refractivity contribution in [2.45, 2.75) is 0 Å². The molecule has 1 aromatic carbocycles. The van der Waals surface area contributed by atoms with Gasteiger partial charge in [0.15, 0.2) is 17.1 Å². The Hall–Kier alpha value is -3.03. The maximum absolute atomic E-state index is 6.12. The fraction of sp³-hybridized carbons (Fsp3) is 0. The number of nitrogens with zero attached hydrogens (tertiary/aromatic N) is 7. The Kier molecular flexibility index (Phi) is 3.37. The van der Waals surface area contributed by atoms with Gasteiger partial charge in [-0.1, -0.05) is 23.2 Å². The van der Waals surface area contributed by atoms with Crippen LogP contribution in [0.1, 0.15) is 0 Å². The molecule has 26 heavy (non-hydrogen) atoms. The summed E-state index contributed by atoms with van der Waals surface area (Å²) in [6, 6.07) is 9.05. The smallest absolute Gasteiger partial charge is 0.175 e. The van der Waals surface area contributed by atoms with Crippen molar-refractivity contribution in [2.75, 3.05) is 0 Å². The molecule has 4 heterocycles. The number of hydrogen-bond acceptors (Lipinski definition) is 5. The summed E-state index contributed by atoms with van der Waals surface area (Å²) in [7, 11) is 0. The van der Waals surface area contributed by atoms with Crippen LogP contribution in [0.5, 0.6) is 0 Å². The van der Waals surface area contributed by atoms with Crippen LogP contribution in [0.4, 0.5) is 0 Å². The Labute approximate surface area is 156 Å². The molecule has 0 saturated heterocycles. The van der Waals surface area contributed by atoms with Gasteiger partial charge < -0.3 is 0 Å². The molecule has 5 aromatic rings. The van der Waals surface area contributed by atoms with Gasteiger partial charge in [-0.15, -0.1) is 10.2 Å². The van der Waals surface area contributed by atoms with Crippen LogP contribution in [0.25, 0.3) is 33.8 Å². The van der Waals surface area contributed by atoms with Crippen molar-refractivity contribution in [1.29, 1.82) is 0 Å². The van der Waals surface area contributed by atoms with Gasteiger partial charge >= 0.3 is 0 Å². The van der Waals surface area contributed by atoms with E-state index in [1.54, 1.807) is 41.7 Å². The summed E-state index contributed by atoms with van der Waals surface area (Å²) in [5.74, 6) is 0.694. The fourth-order valence-corrected chi connectivity index (χ4v) is 3.12. The molecule has 0 aliphatic heterocycles. The highest BCUT2D eigenvalue weighted by atomic mass is 35.5. The van der Waals surface area contributed by atoms with E-state index in [1.807, 2.05) is 22.6 Å². The first-order chi connectivity index (χ1) is 12.7.